The molecule has 0 saturated carbocycles. The summed E-state index contributed by atoms with van der Waals surface area (Å²) in [5, 5.41) is 12.1. The Morgan fingerprint density at radius 3 is 3.00 bits per heavy atom. The molecule has 11 heavy (non-hydrogen) atoms. The van der Waals surface area contributed by atoms with Crippen LogP contribution in [0.3, 0.4) is 0 Å². The highest BCUT2D eigenvalue weighted by molar-refractivity contribution is 5.74. The maximum atomic E-state index is 10.5. The number of carboxylic acid groups (broad SMARTS) is 1. The normalized spacial score (nSPS) is 12.8. The Morgan fingerprint density at radius 2 is 2.64 bits per heavy atom. The van der Waals surface area contributed by atoms with Gasteiger partial charge in [0.05, 0.1) is 6.20 Å². The number of hydrogen-bond donors (Lipinski definition) is 1. The van der Waals surface area contributed by atoms with Crippen LogP contribution in [0.2, 0.25) is 0 Å². The van der Waals surface area contributed by atoms with Gasteiger partial charge in [0.1, 0.15) is 5.92 Å². The van der Waals surface area contributed by atoms with Crippen LogP contribution in [-0.2, 0) is 4.79 Å². The van der Waals surface area contributed by atoms with Gasteiger partial charge in [-0.1, -0.05) is 12.1 Å². The van der Waals surface area contributed by atoms with Crippen molar-refractivity contribution in [3.8, 4) is 0 Å². The van der Waals surface area contributed by atoms with Crippen LogP contribution in [0.4, 0.5) is 0 Å². The van der Waals surface area contributed by atoms with Crippen molar-refractivity contribution < 1.29 is 14.4 Å². The van der Waals surface area contributed by atoms with E-state index >= 15 is 0 Å². The average molecular weight is 155 g/mol. The second kappa shape index (κ2) is 3.18. The highest BCUT2D eigenvalue weighted by Gasteiger charge is 2.20. The average Bonchev–Trinajstić information content (AvgIpc) is 2.40. The van der Waals surface area contributed by atoms with Crippen LogP contribution in [0.1, 0.15) is 25.0 Å². The van der Waals surface area contributed by atoms with Crippen LogP contribution in [0.5, 0.6) is 0 Å². The summed E-state index contributed by atoms with van der Waals surface area (Å²) in [4.78, 5) is 10.5. The zero-order chi connectivity index (χ0) is 8.27. The number of rotatable bonds is 3. The van der Waals surface area contributed by atoms with Gasteiger partial charge in [-0.3, -0.25) is 4.79 Å². The standard InChI is InChI=1S/C7H9NO3/c1-2-5(7(9)10)6-3-4-8-11-6/h3-5H,2H2,1H3,(H,9,10). The molecule has 0 aliphatic carbocycles. The zero-order valence-corrected chi connectivity index (χ0v) is 6.15. The second-order valence-corrected chi connectivity index (χ2v) is 2.21. The molecule has 0 radical (unpaired) electrons. The number of carboxylic acids is 1. The number of nitrogens with zero attached hydrogens (tertiary/aromatic N) is 1. The lowest BCUT2D eigenvalue weighted by Crippen LogP contribution is -2.09. The molecule has 1 rings (SSSR count). The summed E-state index contributed by atoms with van der Waals surface area (Å²) in [6, 6.07) is 1.57. The molecule has 0 aromatic carbocycles. The van der Waals surface area contributed by atoms with Crippen molar-refractivity contribution in [2.24, 2.45) is 0 Å². The lowest BCUT2D eigenvalue weighted by molar-refractivity contribution is -0.139. The molecule has 1 aromatic rings. The third-order valence-corrected chi connectivity index (χ3v) is 1.51. The predicted octanol–water partition coefficient (Wildman–Crippen LogP) is 1.25. The molecule has 0 saturated heterocycles. The number of aromatic nitrogens is 1. The molecular formula is C7H9NO3. The van der Waals surface area contributed by atoms with E-state index in [2.05, 4.69) is 5.16 Å². The third kappa shape index (κ3) is 1.58. The molecule has 0 spiro atoms. The van der Waals surface area contributed by atoms with Crippen molar-refractivity contribution in [3.05, 3.63) is 18.0 Å². The van der Waals surface area contributed by atoms with E-state index in [4.69, 9.17) is 9.63 Å². The van der Waals surface area contributed by atoms with Crippen LogP contribution < -0.4 is 0 Å². The fourth-order valence-electron chi connectivity index (χ4n) is 0.903. The molecule has 0 amide bonds. The van der Waals surface area contributed by atoms with E-state index in [0.29, 0.717) is 12.2 Å². The van der Waals surface area contributed by atoms with E-state index < -0.39 is 11.9 Å². The molecule has 4 heteroatoms. The summed E-state index contributed by atoms with van der Waals surface area (Å²) in [5.74, 6) is -1.01. The predicted molar refractivity (Wildman–Crippen MR) is 37.2 cm³/mol. The Kier molecular flexibility index (Phi) is 2.25. The van der Waals surface area contributed by atoms with Gasteiger partial charge in [-0.15, -0.1) is 0 Å². The van der Waals surface area contributed by atoms with Gasteiger partial charge in [0.15, 0.2) is 5.76 Å². The van der Waals surface area contributed by atoms with Crippen molar-refractivity contribution in [3.63, 3.8) is 0 Å². The molecule has 1 heterocycles. The van der Waals surface area contributed by atoms with Gasteiger partial charge in [-0.05, 0) is 6.42 Å². The van der Waals surface area contributed by atoms with E-state index in [1.54, 1.807) is 13.0 Å². The SMILES string of the molecule is CCC(C(=O)O)c1ccno1. The van der Waals surface area contributed by atoms with E-state index in [1.165, 1.54) is 6.20 Å². The van der Waals surface area contributed by atoms with Crippen molar-refractivity contribution in [1.29, 1.82) is 0 Å². The summed E-state index contributed by atoms with van der Waals surface area (Å²) in [6.07, 6.45) is 1.96. The molecule has 1 unspecified atom stereocenters. The first-order chi connectivity index (χ1) is 5.25. The van der Waals surface area contributed by atoms with Crippen molar-refractivity contribution >= 4 is 5.97 Å². The first-order valence-corrected chi connectivity index (χ1v) is 3.39. The summed E-state index contributed by atoms with van der Waals surface area (Å²) >= 11 is 0. The van der Waals surface area contributed by atoms with Gasteiger partial charge in [0.25, 0.3) is 0 Å². The summed E-state index contributed by atoms with van der Waals surface area (Å²) in [6.45, 7) is 1.79. The first kappa shape index (κ1) is 7.78. The second-order valence-electron chi connectivity index (χ2n) is 2.21. The van der Waals surface area contributed by atoms with Gasteiger partial charge in [0.2, 0.25) is 0 Å². The molecule has 60 valence electrons. The Hall–Kier alpha value is -1.32. The summed E-state index contributed by atoms with van der Waals surface area (Å²) in [5.41, 5.74) is 0. The smallest absolute Gasteiger partial charge is 0.314 e. The fraction of sp³-hybridized carbons (Fsp3) is 0.429. The van der Waals surface area contributed by atoms with Gasteiger partial charge >= 0.3 is 5.97 Å². The molecule has 1 atom stereocenters. The molecule has 0 fully saturated rings. The van der Waals surface area contributed by atoms with Crippen molar-refractivity contribution in [2.45, 2.75) is 19.3 Å². The monoisotopic (exact) mass is 155 g/mol. The van der Waals surface area contributed by atoms with Crippen LogP contribution >= 0.6 is 0 Å². The fourth-order valence-corrected chi connectivity index (χ4v) is 0.903. The summed E-state index contributed by atoms with van der Waals surface area (Å²) in [7, 11) is 0. The molecular weight excluding hydrogens is 146 g/mol. The van der Waals surface area contributed by atoms with Gasteiger partial charge in [-0.2, -0.15) is 0 Å². The molecule has 1 aromatic heterocycles. The first-order valence-electron chi connectivity index (χ1n) is 3.39. The van der Waals surface area contributed by atoms with Crippen molar-refractivity contribution in [1.82, 2.24) is 5.16 Å². The molecule has 0 aliphatic heterocycles. The molecule has 0 bridgehead atoms. The maximum absolute atomic E-state index is 10.5. The Labute approximate surface area is 63.8 Å². The topological polar surface area (TPSA) is 63.3 Å². The third-order valence-electron chi connectivity index (χ3n) is 1.51. The van der Waals surface area contributed by atoms with Crippen LogP contribution in [0.25, 0.3) is 0 Å². The molecule has 1 N–H and O–H groups in total. The number of hydrogen-bond acceptors (Lipinski definition) is 3. The van der Waals surface area contributed by atoms with Gasteiger partial charge in [0, 0.05) is 6.07 Å². The Bertz CT molecular complexity index is 230. The molecule has 0 aliphatic rings. The maximum Gasteiger partial charge on any atom is 0.314 e. The quantitative estimate of drug-likeness (QED) is 0.713. The Balaban J connectivity index is 2.79. The highest BCUT2D eigenvalue weighted by Crippen LogP contribution is 2.18. The highest BCUT2D eigenvalue weighted by atomic mass is 16.5. The van der Waals surface area contributed by atoms with Crippen molar-refractivity contribution in [2.75, 3.05) is 0 Å². The van der Waals surface area contributed by atoms with Crippen LogP contribution in [0.15, 0.2) is 16.8 Å². The van der Waals surface area contributed by atoms with Crippen LogP contribution in [0, 0.1) is 0 Å². The number of carbonyl (C=O) groups is 1. The minimum absolute atomic E-state index is 0.417. The minimum Gasteiger partial charge on any atom is -0.481 e. The largest absolute Gasteiger partial charge is 0.481 e. The van der Waals surface area contributed by atoms with Gasteiger partial charge < -0.3 is 9.63 Å². The van der Waals surface area contributed by atoms with E-state index in [-0.39, 0.29) is 0 Å². The zero-order valence-electron chi connectivity index (χ0n) is 6.15. The van der Waals surface area contributed by atoms with E-state index in [1.807, 2.05) is 0 Å². The number of aliphatic carboxylic acids is 1. The molecule has 4 nitrogen and oxygen atoms in total. The lowest BCUT2D eigenvalue weighted by atomic mass is 10.0. The Morgan fingerprint density at radius 1 is 1.91 bits per heavy atom. The van der Waals surface area contributed by atoms with E-state index in [0.717, 1.165) is 0 Å². The van der Waals surface area contributed by atoms with E-state index in [9.17, 15) is 4.79 Å². The van der Waals surface area contributed by atoms with Crippen LogP contribution in [-0.4, -0.2) is 16.2 Å². The summed E-state index contributed by atoms with van der Waals surface area (Å²) < 4.78 is 4.72. The minimum atomic E-state index is -0.871. The van der Waals surface area contributed by atoms with Gasteiger partial charge in [-0.25, -0.2) is 0 Å². The lowest BCUT2D eigenvalue weighted by Gasteiger charge is -2.02.